The number of likely N-dealkylation sites (tertiary alicyclic amines) is 1. The Morgan fingerprint density at radius 1 is 1.71 bits per heavy atom. The van der Waals surface area contributed by atoms with E-state index in [1.54, 1.807) is 6.20 Å². The molecule has 0 N–H and O–H groups in total. The summed E-state index contributed by atoms with van der Waals surface area (Å²) in [7, 11) is 2.18. The van der Waals surface area contributed by atoms with Crippen LogP contribution in [0.3, 0.4) is 0 Å². The molecule has 4 heteroatoms. The predicted molar refractivity (Wildman–Crippen MR) is 57.8 cm³/mol. The zero-order chi connectivity index (χ0) is 9.80. The van der Waals surface area contributed by atoms with Crippen molar-refractivity contribution in [1.82, 2.24) is 9.27 Å². The largest absolute Gasteiger partial charge is 0.491 e. The highest BCUT2D eigenvalue weighted by Crippen LogP contribution is 2.18. The van der Waals surface area contributed by atoms with Crippen LogP contribution in [0.25, 0.3) is 0 Å². The van der Waals surface area contributed by atoms with E-state index in [0.717, 1.165) is 18.9 Å². The minimum absolute atomic E-state index is 0.689. The SMILES string of the molecule is CN1CCCC(COc2cnsc2)C1. The molecule has 0 aromatic carbocycles. The van der Waals surface area contributed by atoms with Crippen LogP contribution in [0.1, 0.15) is 12.8 Å². The molecule has 0 bridgehead atoms. The summed E-state index contributed by atoms with van der Waals surface area (Å²) in [6.45, 7) is 3.23. The molecule has 14 heavy (non-hydrogen) atoms. The summed E-state index contributed by atoms with van der Waals surface area (Å²) >= 11 is 1.44. The minimum atomic E-state index is 0.689. The highest BCUT2D eigenvalue weighted by atomic mass is 32.1. The maximum absolute atomic E-state index is 5.66. The fraction of sp³-hybridized carbons (Fsp3) is 0.700. The molecule has 1 saturated heterocycles. The Kier molecular flexibility index (Phi) is 3.37. The minimum Gasteiger partial charge on any atom is -0.491 e. The summed E-state index contributed by atoms with van der Waals surface area (Å²) in [4.78, 5) is 2.38. The Morgan fingerprint density at radius 3 is 3.36 bits per heavy atom. The summed E-state index contributed by atoms with van der Waals surface area (Å²) in [6, 6.07) is 0. The van der Waals surface area contributed by atoms with E-state index in [9.17, 15) is 0 Å². The summed E-state index contributed by atoms with van der Waals surface area (Å²) in [5.74, 6) is 1.61. The lowest BCUT2D eigenvalue weighted by atomic mass is 10.00. The van der Waals surface area contributed by atoms with Crippen LogP contribution in [0.15, 0.2) is 11.6 Å². The van der Waals surface area contributed by atoms with Crippen molar-refractivity contribution in [2.45, 2.75) is 12.8 Å². The van der Waals surface area contributed by atoms with Crippen LogP contribution in [-0.4, -0.2) is 36.0 Å². The van der Waals surface area contributed by atoms with Gasteiger partial charge in [-0.3, -0.25) is 0 Å². The summed E-state index contributed by atoms with van der Waals surface area (Å²) in [5.41, 5.74) is 0. The van der Waals surface area contributed by atoms with Gasteiger partial charge in [0.1, 0.15) is 5.75 Å². The van der Waals surface area contributed by atoms with Crippen molar-refractivity contribution in [3.05, 3.63) is 11.6 Å². The van der Waals surface area contributed by atoms with Crippen molar-refractivity contribution < 1.29 is 4.74 Å². The fourth-order valence-corrected chi connectivity index (χ4v) is 2.35. The first-order chi connectivity index (χ1) is 6.84. The van der Waals surface area contributed by atoms with Gasteiger partial charge < -0.3 is 9.64 Å². The summed E-state index contributed by atoms with van der Waals surface area (Å²) in [5, 5.41) is 1.95. The van der Waals surface area contributed by atoms with Crippen molar-refractivity contribution >= 4 is 11.5 Å². The molecule has 1 unspecified atom stereocenters. The van der Waals surface area contributed by atoms with E-state index in [-0.39, 0.29) is 0 Å². The molecule has 0 aliphatic carbocycles. The molecule has 0 spiro atoms. The van der Waals surface area contributed by atoms with Gasteiger partial charge in [0.25, 0.3) is 0 Å². The summed E-state index contributed by atoms with van der Waals surface area (Å²) in [6.07, 6.45) is 4.38. The van der Waals surface area contributed by atoms with Gasteiger partial charge in [0.2, 0.25) is 0 Å². The van der Waals surface area contributed by atoms with E-state index >= 15 is 0 Å². The van der Waals surface area contributed by atoms with Gasteiger partial charge in [-0.05, 0) is 38.0 Å². The average molecular weight is 212 g/mol. The zero-order valence-electron chi connectivity index (χ0n) is 8.48. The number of rotatable bonds is 3. The molecule has 1 aromatic rings. The number of ether oxygens (including phenoxy) is 1. The van der Waals surface area contributed by atoms with Crippen molar-refractivity contribution in [1.29, 1.82) is 0 Å². The van der Waals surface area contributed by atoms with Crippen LogP contribution in [0.5, 0.6) is 5.75 Å². The van der Waals surface area contributed by atoms with E-state index in [2.05, 4.69) is 16.3 Å². The normalized spacial score (nSPS) is 23.6. The second-order valence-corrected chi connectivity index (χ2v) is 4.60. The predicted octanol–water partition coefficient (Wildman–Crippen LogP) is 1.86. The maximum Gasteiger partial charge on any atom is 0.150 e. The molecule has 1 aliphatic heterocycles. The van der Waals surface area contributed by atoms with Crippen LogP contribution >= 0.6 is 11.5 Å². The maximum atomic E-state index is 5.66. The quantitative estimate of drug-likeness (QED) is 0.764. The Bertz CT molecular complexity index is 263. The average Bonchev–Trinajstić information content (AvgIpc) is 2.67. The van der Waals surface area contributed by atoms with E-state index in [1.807, 2.05) is 5.38 Å². The lowest BCUT2D eigenvalue weighted by Crippen LogP contribution is -2.34. The molecule has 0 radical (unpaired) electrons. The van der Waals surface area contributed by atoms with Gasteiger partial charge in [0, 0.05) is 12.5 Å². The molecule has 3 nitrogen and oxygen atoms in total. The number of hydrogen-bond donors (Lipinski definition) is 0. The van der Waals surface area contributed by atoms with Gasteiger partial charge >= 0.3 is 0 Å². The third-order valence-corrected chi connectivity index (χ3v) is 3.18. The van der Waals surface area contributed by atoms with Crippen LogP contribution in [0, 0.1) is 5.92 Å². The molecule has 2 heterocycles. The smallest absolute Gasteiger partial charge is 0.150 e. The first kappa shape index (κ1) is 9.93. The molecular formula is C10H16N2OS. The molecule has 2 rings (SSSR count). The molecule has 1 atom stereocenters. The highest BCUT2D eigenvalue weighted by Gasteiger charge is 2.17. The number of nitrogens with zero attached hydrogens (tertiary/aromatic N) is 2. The molecule has 1 fully saturated rings. The Labute approximate surface area is 88.9 Å². The number of aromatic nitrogens is 1. The standard InChI is InChI=1S/C10H16N2OS/c1-12-4-2-3-9(6-12)7-13-10-5-11-14-8-10/h5,8-9H,2-4,6-7H2,1H3. The highest BCUT2D eigenvalue weighted by molar-refractivity contribution is 7.03. The first-order valence-corrected chi connectivity index (χ1v) is 5.89. The summed E-state index contributed by atoms with van der Waals surface area (Å²) < 4.78 is 9.66. The van der Waals surface area contributed by atoms with Gasteiger partial charge in [0.05, 0.1) is 18.2 Å². The van der Waals surface area contributed by atoms with E-state index in [4.69, 9.17) is 4.74 Å². The molecular weight excluding hydrogens is 196 g/mol. The van der Waals surface area contributed by atoms with Crippen LogP contribution in [0.2, 0.25) is 0 Å². The van der Waals surface area contributed by atoms with Crippen LogP contribution in [0.4, 0.5) is 0 Å². The van der Waals surface area contributed by atoms with Crippen molar-refractivity contribution in [2.24, 2.45) is 5.92 Å². The second-order valence-electron chi connectivity index (χ2n) is 3.94. The molecule has 1 aliphatic rings. The lowest BCUT2D eigenvalue weighted by Gasteiger charge is -2.29. The third-order valence-electron chi connectivity index (χ3n) is 2.62. The monoisotopic (exact) mass is 212 g/mol. The van der Waals surface area contributed by atoms with E-state index in [1.165, 1.54) is 30.9 Å². The van der Waals surface area contributed by atoms with Crippen molar-refractivity contribution in [2.75, 3.05) is 26.7 Å². The van der Waals surface area contributed by atoms with Gasteiger partial charge in [-0.2, -0.15) is 4.37 Å². The Balaban J connectivity index is 1.75. The second kappa shape index (κ2) is 4.75. The van der Waals surface area contributed by atoms with Crippen molar-refractivity contribution in [3.8, 4) is 5.75 Å². The molecule has 0 saturated carbocycles. The van der Waals surface area contributed by atoms with E-state index < -0.39 is 0 Å². The van der Waals surface area contributed by atoms with Gasteiger partial charge in [0.15, 0.2) is 0 Å². The molecule has 1 aromatic heterocycles. The van der Waals surface area contributed by atoms with Crippen LogP contribution in [-0.2, 0) is 0 Å². The zero-order valence-corrected chi connectivity index (χ0v) is 9.30. The van der Waals surface area contributed by atoms with Crippen molar-refractivity contribution in [3.63, 3.8) is 0 Å². The lowest BCUT2D eigenvalue weighted by molar-refractivity contribution is 0.150. The number of piperidine rings is 1. The molecule has 78 valence electrons. The molecule has 0 amide bonds. The Hall–Kier alpha value is -0.610. The number of hydrogen-bond acceptors (Lipinski definition) is 4. The topological polar surface area (TPSA) is 25.4 Å². The fourth-order valence-electron chi connectivity index (χ4n) is 1.89. The van der Waals surface area contributed by atoms with Gasteiger partial charge in [-0.1, -0.05) is 0 Å². The third kappa shape index (κ3) is 2.69. The van der Waals surface area contributed by atoms with Gasteiger partial charge in [-0.25, -0.2) is 0 Å². The van der Waals surface area contributed by atoms with E-state index in [0.29, 0.717) is 5.92 Å². The Morgan fingerprint density at radius 2 is 2.64 bits per heavy atom. The van der Waals surface area contributed by atoms with Gasteiger partial charge in [-0.15, -0.1) is 0 Å². The first-order valence-electron chi connectivity index (χ1n) is 5.05. The van der Waals surface area contributed by atoms with Crippen LogP contribution < -0.4 is 4.74 Å².